The number of aromatic nitrogens is 1. The maximum absolute atomic E-state index is 4.30. The van der Waals surface area contributed by atoms with E-state index in [-0.39, 0.29) is 5.54 Å². The molecule has 1 N–H and O–H groups in total. The van der Waals surface area contributed by atoms with Gasteiger partial charge in [0.15, 0.2) is 0 Å². The Morgan fingerprint density at radius 2 is 2.10 bits per heavy atom. The Kier molecular flexibility index (Phi) is 5.58. The third-order valence-corrected chi connectivity index (χ3v) is 5.21. The summed E-state index contributed by atoms with van der Waals surface area (Å²) >= 11 is 3.52. The van der Waals surface area contributed by atoms with Crippen LogP contribution in [0.2, 0.25) is 0 Å². The van der Waals surface area contributed by atoms with Gasteiger partial charge in [-0.2, -0.15) is 0 Å². The molecule has 0 aromatic carbocycles. The highest BCUT2D eigenvalue weighted by Crippen LogP contribution is 2.29. The van der Waals surface area contributed by atoms with Crippen LogP contribution in [0.15, 0.2) is 22.9 Å². The molecule has 1 unspecified atom stereocenters. The van der Waals surface area contributed by atoms with E-state index < -0.39 is 0 Å². The second-order valence-corrected chi connectivity index (χ2v) is 6.73. The molecule has 1 aliphatic rings. The second-order valence-electron chi connectivity index (χ2n) is 5.81. The minimum Gasteiger partial charge on any atom is -0.311 e. The minimum atomic E-state index is 0.286. The van der Waals surface area contributed by atoms with Gasteiger partial charge < -0.3 is 5.32 Å². The Morgan fingerprint density at radius 3 is 2.70 bits per heavy atom. The fraction of sp³-hybridized carbons (Fsp3) is 0.688. The van der Waals surface area contributed by atoms with Gasteiger partial charge in [0.2, 0.25) is 0 Å². The van der Waals surface area contributed by atoms with Gasteiger partial charge in [-0.3, -0.25) is 9.88 Å². The van der Waals surface area contributed by atoms with Gasteiger partial charge in [0, 0.05) is 48.1 Å². The number of hydrogen-bond donors (Lipinski definition) is 1. The van der Waals surface area contributed by atoms with Crippen LogP contribution in [-0.4, -0.2) is 34.6 Å². The molecule has 20 heavy (non-hydrogen) atoms. The van der Waals surface area contributed by atoms with Crippen LogP contribution in [0.1, 0.15) is 45.6 Å². The standard InChI is InChI=1S/C16H26BrN3/c1-4-15-11-20(16(5-2,6-3)12-19-15)10-13-7-14(17)9-18-8-13/h7-9,15,19H,4-6,10-12H2,1-3H3. The minimum absolute atomic E-state index is 0.286. The Morgan fingerprint density at radius 1 is 1.35 bits per heavy atom. The molecule has 0 saturated carbocycles. The molecule has 3 nitrogen and oxygen atoms in total. The molecule has 112 valence electrons. The Hall–Kier alpha value is -0.450. The van der Waals surface area contributed by atoms with Crippen molar-refractivity contribution in [2.24, 2.45) is 0 Å². The van der Waals surface area contributed by atoms with Gasteiger partial charge in [0.1, 0.15) is 0 Å². The lowest BCUT2D eigenvalue weighted by Crippen LogP contribution is -2.63. The SMILES string of the molecule is CCC1CN(Cc2cncc(Br)c2)C(CC)(CC)CN1. The van der Waals surface area contributed by atoms with Gasteiger partial charge in [-0.05, 0) is 46.8 Å². The average Bonchev–Trinajstić information content (AvgIpc) is 2.47. The molecule has 1 atom stereocenters. The summed E-state index contributed by atoms with van der Waals surface area (Å²) in [7, 11) is 0. The van der Waals surface area contributed by atoms with E-state index in [1.165, 1.54) is 24.8 Å². The fourth-order valence-corrected chi connectivity index (χ4v) is 3.60. The average molecular weight is 340 g/mol. The quantitative estimate of drug-likeness (QED) is 0.888. The summed E-state index contributed by atoms with van der Waals surface area (Å²) in [5.74, 6) is 0. The zero-order chi connectivity index (χ0) is 14.6. The van der Waals surface area contributed by atoms with E-state index in [0.717, 1.165) is 24.1 Å². The van der Waals surface area contributed by atoms with Crippen molar-refractivity contribution in [3.63, 3.8) is 0 Å². The highest BCUT2D eigenvalue weighted by Gasteiger charge is 2.38. The highest BCUT2D eigenvalue weighted by atomic mass is 79.9. The first-order valence-corrected chi connectivity index (χ1v) is 8.50. The van der Waals surface area contributed by atoms with Gasteiger partial charge in [-0.15, -0.1) is 0 Å². The maximum atomic E-state index is 4.30. The summed E-state index contributed by atoms with van der Waals surface area (Å²) in [4.78, 5) is 6.97. The first-order valence-electron chi connectivity index (χ1n) is 7.71. The molecule has 1 fully saturated rings. The predicted molar refractivity (Wildman–Crippen MR) is 87.7 cm³/mol. The fourth-order valence-electron chi connectivity index (χ4n) is 3.19. The molecule has 2 heterocycles. The molecule has 0 radical (unpaired) electrons. The van der Waals surface area contributed by atoms with E-state index in [1.807, 2.05) is 12.4 Å². The normalized spacial score (nSPS) is 22.9. The van der Waals surface area contributed by atoms with E-state index in [1.54, 1.807) is 0 Å². The van der Waals surface area contributed by atoms with E-state index in [2.05, 4.69) is 58.0 Å². The number of nitrogens with zero attached hydrogens (tertiary/aromatic N) is 2. The zero-order valence-electron chi connectivity index (χ0n) is 12.8. The lowest BCUT2D eigenvalue weighted by atomic mass is 9.86. The van der Waals surface area contributed by atoms with Crippen LogP contribution in [0.4, 0.5) is 0 Å². The number of nitrogens with one attached hydrogen (secondary N) is 1. The van der Waals surface area contributed by atoms with Gasteiger partial charge >= 0.3 is 0 Å². The third-order valence-electron chi connectivity index (χ3n) is 4.78. The Bertz CT molecular complexity index is 431. The van der Waals surface area contributed by atoms with Crippen LogP contribution in [0.25, 0.3) is 0 Å². The predicted octanol–water partition coefficient (Wildman–Crippen LogP) is 3.59. The number of pyridine rings is 1. The maximum Gasteiger partial charge on any atom is 0.0410 e. The van der Waals surface area contributed by atoms with Gasteiger partial charge in [-0.1, -0.05) is 20.8 Å². The van der Waals surface area contributed by atoms with Crippen molar-refractivity contribution >= 4 is 15.9 Å². The molecule has 1 aliphatic heterocycles. The van der Waals surface area contributed by atoms with Crippen LogP contribution in [-0.2, 0) is 6.54 Å². The molecule has 1 saturated heterocycles. The summed E-state index contributed by atoms with van der Waals surface area (Å²) in [6.07, 6.45) is 7.41. The number of halogens is 1. The van der Waals surface area contributed by atoms with Gasteiger partial charge in [-0.25, -0.2) is 0 Å². The monoisotopic (exact) mass is 339 g/mol. The van der Waals surface area contributed by atoms with E-state index in [4.69, 9.17) is 0 Å². The van der Waals surface area contributed by atoms with Crippen LogP contribution in [0.3, 0.4) is 0 Å². The number of rotatable bonds is 5. The van der Waals surface area contributed by atoms with Crippen molar-refractivity contribution in [2.45, 2.75) is 58.2 Å². The topological polar surface area (TPSA) is 28.2 Å². The first kappa shape index (κ1) is 15.9. The summed E-state index contributed by atoms with van der Waals surface area (Å²) < 4.78 is 1.07. The summed E-state index contributed by atoms with van der Waals surface area (Å²) in [6, 6.07) is 2.80. The van der Waals surface area contributed by atoms with Crippen molar-refractivity contribution in [3.05, 3.63) is 28.5 Å². The van der Waals surface area contributed by atoms with Gasteiger partial charge in [0.05, 0.1) is 0 Å². The molecule has 1 aromatic rings. The summed E-state index contributed by atoms with van der Waals surface area (Å²) in [5, 5.41) is 3.72. The number of hydrogen-bond acceptors (Lipinski definition) is 3. The molecule has 2 rings (SSSR count). The lowest BCUT2D eigenvalue weighted by Gasteiger charge is -2.49. The molecule has 0 aliphatic carbocycles. The van der Waals surface area contributed by atoms with Gasteiger partial charge in [0.25, 0.3) is 0 Å². The zero-order valence-corrected chi connectivity index (χ0v) is 14.4. The second kappa shape index (κ2) is 7.01. The van der Waals surface area contributed by atoms with Crippen LogP contribution >= 0.6 is 15.9 Å². The molecular formula is C16H26BrN3. The van der Waals surface area contributed by atoms with E-state index in [0.29, 0.717) is 6.04 Å². The van der Waals surface area contributed by atoms with Crippen LogP contribution in [0, 0.1) is 0 Å². The Labute approximate surface area is 131 Å². The van der Waals surface area contributed by atoms with Crippen molar-refractivity contribution in [2.75, 3.05) is 13.1 Å². The number of piperazine rings is 1. The van der Waals surface area contributed by atoms with Crippen molar-refractivity contribution < 1.29 is 0 Å². The largest absolute Gasteiger partial charge is 0.311 e. The van der Waals surface area contributed by atoms with Crippen molar-refractivity contribution in [3.8, 4) is 0 Å². The molecule has 0 bridgehead atoms. The molecular weight excluding hydrogens is 314 g/mol. The van der Waals surface area contributed by atoms with Crippen molar-refractivity contribution in [1.82, 2.24) is 15.2 Å². The molecule has 4 heteroatoms. The molecule has 0 amide bonds. The van der Waals surface area contributed by atoms with Crippen LogP contribution < -0.4 is 5.32 Å². The van der Waals surface area contributed by atoms with E-state index in [9.17, 15) is 0 Å². The summed E-state index contributed by atoms with van der Waals surface area (Å²) in [5.41, 5.74) is 1.58. The highest BCUT2D eigenvalue weighted by molar-refractivity contribution is 9.10. The first-order chi connectivity index (χ1) is 9.63. The smallest absolute Gasteiger partial charge is 0.0410 e. The van der Waals surface area contributed by atoms with Crippen molar-refractivity contribution in [1.29, 1.82) is 0 Å². The van der Waals surface area contributed by atoms with Crippen LogP contribution in [0.5, 0.6) is 0 Å². The lowest BCUT2D eigenvalue weighted by molar-refractivity contribution is 0.0237. The molecule has 0 spiro atoms. The summed E-state index contributed by atoms with van der Waals surface area (Å²) in [6.45, 7) is 10.1. The molecule has 1 aromatic heterocycles. The van der Waals surface area contributed by atoms with E-state index >= 15 is 0 Å². The third kappa shape index (κ3) is 3.41. The Balaban J connectivity index is 2.18.